The quantitative estimate of drug-likeness (QED) is 0.696. The predicted molar refractivity (Wildman–Crippen MR) is 63.6 cm³/mol. The van der Waals surface area contributed by atoms with Gasteiger partial charge in [-0.2, -0.15) is 0 Å². The minimum absolute atomic E-state index is 0.739. The first kappa shape index (κ1) is 11.2. The Morgan fingerprint density at radius 1 is 0.875 bits per heavy atom. The molecule has 3 aliphatic rings. The van der Waals surface area contributed by atoms with Crippen molar-refractivity contribution in [2.45, 2.75) is 50.6 Å². The molecule has 4 nitrogen and oxygen atoms in total. The van der Waals surface area contributed by atoms with Crippen molar-refractivity contribution < 1.29 is 8.85 Å². The molecule has 0 amide bonds. The van der Waals surface area contributed by atoms with Crippen LogP contribution in [0.15, 0.2) is 0 Å². The molecule has 0 aromatic rings. The smallest absolute Gasteiger partial charge is 0.374 e. The molecule has 0 spiro atoms. The highest BCUT2D eigenvalue weighted by Crippen LogP contribution is 2.42. The van der Waals surface area contributed by atoms with Gasteiger partial charge in [-0.3, -0.25) is 9.13 Å². The molecule has 5 heteroatoms. The molecule has 2 aliphatic carbocycles. The molecule has 92 valence electrons. The summed E-state index contributed by atoms with van der Waals surface area (Å²) in [5, 5.41) is 0. The van der Waals surface area contributed by atoms with E-state index < -0.39 is 8.88 Å². The largest absolute Gasteiger partial charge is 0.524 e. The number of hydrogen-bond acceptors (Lipinski definition) is 4. The van der Waals surface area contributed by atoms with Crippen LogP contribution in [-0.4, -0.2) is 51.0 Å². The lowest BCUT2D eigenvalue weighted by Gasteiger charge is -2.62. The fraction of sp³-hybridized carbons (Fsp3) is 1.00. The van der Waals surface area contributed by atoms with Crippen molar-refractivity contribution in [3.05, 3.63) is 0 Å². The van der Waals surface area contributed by atoms with Crippen molar-refractivity contribution in [1.29, 1.82) is 0 Å². The third kappa shape index (κ3) is 1.35. The van der Waals surface area contributed by atoms with Crippen molar-refractivity contribution in [2.24, 2.45) is 0 Å². The number of nitrogens with zero attached hydrogens (tertiary/aromatic N) is 2. The van der Waals surface area contributed by atoms with Crippen LogP contribution in [0.2, 0.25) is 0 Å². The fourth-order valence-electron chi connectivity index (χ4n) is 3.07. The molecule has 1 heterocycles. The highest BCUT2D eigenvalue weighted by atomic mass is 28.4. The SMILES string of the molecule is CO[Si]1(OC)N(C2CCC2)CN1C1CCC1. The van der Waals surface area contributed by atoms with E-state index in [-0.39, 0.29) is 0 Å². The Balaban J connectivity index is 1.72. The average molecular weight is 242 g/mol. The van der Waals surface area contributed by atoms with Gasteiger partial charge in [-0.15, -0.1) is 0 Å². The van der Waals surface area contributed by atoms with Gasteiger partial charge in [0.1, 0.15) is 0 Å². The summed E-state index contributed by atoms with van der Waals surface area (Å²) in [5.41, 5.74) is 0. The normalized spacial score (nSPS) is 31.9. The van der Waals surface area contributed by atoms with Gasteiger partial charge < -0.3 is 8.85 Å². The van der Waals surface area contributed by atoms with Crippen molar-refractivity contribution in [3.8, 4) is 0 Å². The summed E-state index contributed by atoms with van der Waals surface area (Å²) in [6, 6.07) is 1.48. The number of rotatable bonds is 4. The molecule has 1 aliphatic heterocycles. The summed E-state index contributed by atoms with van der Waals surface area (Å²) in [6.07, 6.45) is 8.09. The van der Waals surface area contributed by atoms with Gasteiger partial charge in [0.05, 0.1) is 0 Å². The van der Waals surface area contributed by atoms with E-state index in [2.05, 4.69) is 9.13 Å². The number of hydrogen-bond donors (Lipinski definition) is 0. The standard InChI is InChI=1S/C11H22N2O2Si/c1-14-16(15-2)12(10-5-3-6-10)9-13(16)11-7-4-8-11/h10-11H,3-9H2,1-2H3. The molecule has 16 heavy (non-hydrogen) atoms. The molecule has 0 atom stereocenters. The van der Waals surface area contributed by atoms with E-state index in [0.717, 1.165) is 18.8 Å². The molecule has 0 N–H and O–H groups in total. The summed E-state index contributed by atoms with van der Waals surface area (Å²) in [4.78, 5) is 0. The molecule has 0 aromatic carbocycles. The Bertz CT molecular complexity index is 243. The van der Waals surface area contributed by atoms with Gasteiger partial charge in [0, 0.05) is 33.0 Å². The van der Waals surface area contributed by atoms with Crippen LogP contribution in [0.5, 0.6) is 0 Å². The Labute approximate surface area is 98.9 Å². The second-order valence-corrected chi connectivity index (χ2v) is 8.27. The zero-order chi connectivity index (χ0) is 11.2. The monoisotopic (exact) mass is 242 g/mol. The second-order valence-electron chi connectivity index (χ2n) is 5.21. The maximum atomic E-state index is 5.83. The molecule has 0 aromatic heterocycles. The van der Waals surface area contributed by atoms with Gasteiger partial charge in [-0.1, -0.05) is 12.8 Å². The molecule has 2 saturated carbocycles. The van der Waals surface area contributed by atoms with Gasteiger partial charge in [-0.25, -0.2) is 0 Å². The van der Waals surface area contributed by atoms with Gasteiger partial charge in [0.2, 0.25) is 0 Å². The summed E-state index contributed by atoms with van der Waals surface area (Å²) in [6.45, 7) is 1.09. The van der Waals surface area contributed by atoms with E-state index in [1.165, 1.54) is 38.5 Å². The molecule has 1 saturated heterocycles. The van der Waals surface area contributed by atoms with E-state index in [4.69, 9.17) is 8.85 Å². The molecule has 3 rings (SSSR count). The highest BCUT2D eigenvalue weighted by molar-refractivity contribution is 6.64. The molecule has 0 unspecified atom stereocenters. The van der Waals surface area contributed by atoms with Gasteiger partial charge in [0.25, 0.3) is 0 Å². The van der Waals surface area contributed by atoms with E-state index in [1.807, 2.05) is 14.2 Å². The third-order valence-corrected chi connectivity index (χ3v) is 8.12. The van der Waals surface area contributed by atoms with Crippen molar-refractivity contribution >= 4 is 8.88 Å². The van der Waals surface area contributed by atoms with Crippen LogP contribution < -0.4 is 0 Å². The molecule has 3 fully saturated rings. The minimum atomic E-state index is -2.15. The van der Waals surface area contributed by atoms with Crippen molar-refractivity contribution in [1.82, 2.24) is 9.13 Å². The Hall–Kier alpha value is 0.0569. The van der Waals surface area contributed by atoms with Crippen molar-refractivity contribution in [3.63, 3.8) is 0 Å². The van der Waals surface area contributed by atoms with Gasteiger partial charge in [0.15, 0.2) is 0 Å². The maximum absolute atomic E-state index is 5.83. The predicted octanol–water partition coefficient (Wildman–Crippen LogP) is 1.39. The molecular weight excluding hydrogens is 220 g/mol. The van der Waals surface area contributed by atoms with Gasteiger partial charge in [-0.05, 0) is 25.7 Å². The summed E-state index contributed by atoms with van der Waals surface area (Å²) >= 11 is 0. The van der Waals surface area contributed by atoms with Gasteiger partial charge >= 0.3 is 8.88 Å². The lowest BCUT2D eigenvalue weighted by atomic mass is 9.92. The molecule has 0 radical (unpaired) electrons. The van der Waals surface area contributed by atoms with Crippen LogP contribution >= 0.6 is 0 Å². The van der Waals surface area contributed by atoms with Crippen LogP contribution in [-0.2, 0) is 8.85 Å². The zero-order valence-electron chi connectivity index (χ0n) is 10.3. The summed E-state index contributed by atoms with van der Waals surface area (Å²) in [7, 11) is 1.50. The summed E-state index contributed by atoms with van der Waals surface area (Å²) in [5.74, 6) is 0. The zero-order valence-corrected chi connectivity index (χ0v) is 11.3. The highest BCUT2D eigenvalue weighted by Gasteiger charge is 2.64. The first-order valence-corrected chi connectivity index (χ1v) is 8.16. The first-order chi connectivity index (χ1) is 7.81. The average Bonchev–Trinajstić information content (AvgIpc) is 2.12. The van der Waals surface area contributed by atoms with E-state index in [0.29, 0.717) is 0 Å². The van der Waals surface area contributed by atoms with Crippen LogP contribution in [0.4, 0.5) is 0 Å². The summed E-state index contributed by atoms with van der Waals surface area (Å²) < 4.78 is 16.7. The topological polar surface area (TPSA) is 24.9 Å². The Morgan fingerprint density at radius 2 is 1.31 bits per heavy atom. The lowest BCUT2D eigenvalue weighted by molar-refractivity contribution is -0.0660. The van der Waals surface area contributed by atoms with Crippen LogP contribution in [0.1, 0.15) is 38.5 Å². The molecular formula is C11H22N2O2Si. The maximum Gasteiger partial charge on any atom is 0.524 e. The van der Waals surface area contributed by atoms with E-state index >= 15 is 0 Å². The first-order valence-electron chi connectivity index (χ1n) is 6.45. The van der Waals surface area contributed by atoms with Crippen LogP contribution in [0.3, 0.4) is 0 Å². The second kappa shape index (κ2) is 4.06. The van der Waals surface area contributed by atoms with Crippen LogP contribution in [0, 0.1) is 0 Å². The third-order valence-electron chi connectivity index (χ3n) is 4.59. The van der Waals surface area contributed by atoms with E-state index in [9.17, 15) is 0 Å². The fourth-order valence-corrected chi connectivity index (χ4v) is 6.38. The van der Waals surface area contributed by atoms with E-state index in [1.54, 1.807) is 0 Å². The Morgan fingerprint density at radius 3 is 1.56 bits per heavy atom. The van der Waals surface area contributed by atoms with Crippen molar-refractivity contribution in [2.75, 3.05) is 20.9 Å². The Kier molecular flexibility index (Phi) is 2.84. The minimum Gasteiger partial charge on any atom is -0.374 e. The molecule has 0 bridgehead atoms. The lowest BCUT2D eigenvalue weighted by Crippen LogP contribution is -2.85. The van der Waals surface area contributed by atoms with Crippen LogP contribution in [0.25, 0.3) is 0 Å².